The van der Waals surface area contributed by atoms with Crippen molar-refractivity contribution in [1.82, 2.24) is 0 Å². The predicted molar refractivity (Wildman–Crippen MR) is 55.2 cm³/mol. The monoisotopic (exact) mass is 179 g/mol. The maximum absolute atomic E-state index is 9.75. The van der Waals surface area contributed by atoms with Crippen molar-refractivity contribution >= 4 is 0 Å². The maximum Gasteiger partial charge on any atom is 0.0785 e. The Morgan fingerprint density at radius 1 is 1.46 bits per heavy atom. The van der Waals surface area contributed by atoms with Crippen LogP contribution < -0.4 is 5.73 Å². The van der Waals surface area contributed by atoms with Crippen LogP contribution in [0.15, 0.2) is 36.0 Å². The van der Waals surface area contributed by atoms with E-state index < -0.39 is 6.10 Å². The second-order valence-electron chi connectivity index (χ2n) is 3.58. The van der Waals surface area contributed by atoms with Gasteiger partial charge in [0.25, 0.3) is 0 Å². The van der Waals surface area contributed by atoms with Gasteiger partial charge >= 0.3 is 0 Å². The first-order chi connectivity index (χ1) is 6.11. The first-order valence-corrected chi connectivity index (χ1v) is 4.58. The highest BCUT2D eigenvalue weighted by Crippen LogP contribution is 2.16. The molecule has 0 fully saturated rings. The van der Waals surface area contributed by atoms with Gasteiger partial charge in [0.2, 0.25) is 0 Å². The molecule has 2 nitrogen and oxygen atoms in total. The van der Waals surface area contributed by atoms with Crippen molar-refractivity contribution in [2.75, 3.05) is 0 Å². The fraction of sp³-hybridized carbons (Fsp3) is 0.455. The van der Waals surface area contributed by atoms with Crippen LogP contribution in [-0.2, 0) is 0 Å². The lowest BCUT2D eigenvalue weighted by molar-refractivity contribution is 0.126. The summed E-state index contributed by atoms with van der Waals surface area (Å²) in [5, 5.41) is 9.75. The summed E-state index contributed by atoms with van der Waals surface area (Å²) < 4.78 is 0. The van der Waals surface area contributed by atoms with Gasteiger partial charge in [-0.15, -0.1) is 0 Å². The van der Waals surface area contributed by atoms with Gasteiger partial charge in [0.05, 0.1) is 6.10 Å². The summed E-state index contributed by atoms with van der Waals surface area (Å²) in [6.07, 6.45) is 9.45. The molecular formula is C11H17NO. The quantitative estimate of drug-likeness (QED) is 0.672. The Morgan fingerprint density at radius 3 is 2.77 bits per heavy atom. The molecule has 0 bridgehead atoms. The van der Waals surface area contributed by atoms with Crippen molar-refractivity contribution in [3.63, 3.8) is 0 Å². The second-order valence-corrected chi connectivity index (χ2v) is 3.58. The van der Waals surface area contributed by atoms with E-state index in [1.54, 1.807) is 0 Å². The number of hydrogen-bond donors (Lipinski definition) is 2. The van der Waals surface area contributed by atoms with E-state index >= 15 is 0 Å². The largest absolute Gasteiger partial charge is 0.391 e. The van der Waals surface area contributed by atoms with Gasteiger partial charge in [-0.25, -0.2) is 0 Å². The van der Waals surface area contributed by atoms with Gasteiger partial charge in [-0.3, -0.25) is 0 Å². The van der Waals surface area contributed by atoms with E-state index in [1.807, 2.05) is 44.2 Å². The van der Waals surface area contributed by atoms with Crippen molar-refractivity contribution < 1.29 is 5.11 Å². The summed E-state index contributed by atoms with van der Waals surface area (Å²) >= 11 is 0. The molecule has 0 saturated heterocycles. The Labute approximate surface area is 79.4 Å². The Kier molecular flexibility index (Phi) is 3.46. The standard InChI is InChI=1S/C11H17NO/c1-8-5-3-4-6-10(7-8)11(13)9(2)12/h3-7,9-11,13H,12H2,1-2H3/t9-,10+,11?/m0/s1. The average Bonchev–Trinajstić information content (AvgIpc) is 2.28. The molecular weight excluding hydrogens is 162 g/mol. The number of allylic oxidation sites excluding steroid dienone is 4. The molecule has 1 rings (SSSR count). The first kappa shape index (κ1) is 10.2. The number of aliphatic hydroxyl groups is 1. The zero-order chi connectivity index (χ0) is 9.84. The van der Waals surface area contributed by atoms with E-state index in [0.29, 0.717) is 0 Å². The van der Waals surface area contributed by atoms with Gasteiger partial charge in [-0.05, 0) is 13.8 Å². The molecule has 0 aliphatic heterocycles. The van der Waals surface area contributed by atoms with E-state index in [1.165, 1.54) is 0 Å². The minimum Gasteiger partial charge on any atom is -0.391 e. The van der Waals surface area contributed by atoms with Crippen LogP contribution in [0.4, 0.5) is 0 Å². The van der Waals surface area contributed by atoms with E-state index in [9.17, 15) is 5.11 Å². The lowest BCUT2D eigenvalue weighted by Crippen LogP contribution is -2.36. The van der Waals surface area contributed by atoms with Crippen molar-refractivity contribution in [2.45, 2.75) is 26.0 Å². The molecule has 0 saturated carbocycles. The third kappa shape index (κ3) is 2.83. The second kappa shape index (κ2) is 4.40. The summed E-state index contributed by atoms with van der Waals surface area (Å²) in [6, 6.07) is -0.197. The maximum atomic E-state index is 9.75. The van der Waals surface area contributed by atoms with Gasteiger partial charge in [-0.1, -0.05) is 36.0 Å². The van der Waals surface area contributed by atoms with E-state index in [-0.39, 0.29) is 12.0 Å². The van der Waals surface area contributed by atoms with E-state index in [2.05, 4.69) is 0 Å². The summed E-state index contributed by atoms with van der Waals surface area (Å²) in [4.78, 5) is 0. The molecule has 0 radical (unpaired) electrons. The van der Waals surface area contributed by atoms with Crippen LogP contribution in [0, 0.1) is 5.92 Å². The minimum atomic E-state index is -0.494. The Bertz CT molecular complexity index is 251. The predicted octanol–water partition coefficient (Wildman–Crippen LogP) is 1.38. The molecule has 1 aliphatic rings. The summed E-state index contributed by atoms with van der Waals surface area (Å²) in [7, 11) is 0. The van der Waals surface area contributed by atoms with Crippen LogP contribution in [0.5, 0.6) is 0 Å². The molecule has 0 aromatic carbocycles. The number of nitrogens with two attached hydrogens (primary N) is 1. The van der Waals surface area contributed by atoms with Crippen molar-refractivity contribution in [3.8, 4) is 0 Å². The van der Waals surface area contributed by atoms with Crippen LogP contribution in [0.3, 0.4) is 0 Å². The smallest absolute Gasteiger partial charge is 0.0785 e. The molecule has 0 aromatic rings. The molecule has 3 atom stereocenters. The lowest BCUT2D eigenvalue weighted by atomic mass is 9.95. The van der Waals surface area contributed by atoms with Crippen molar-refractivity contribution in [3.05, 3.63) is 36.0 Å². The topological polar surface area (TPSA) is 46.2 Å². The van der Waals surface area contributed by atoms with Gasteiger partial charge in [0.1, 0.15) is 0 Å². The zero-order valence-electron chi connectivity index (χ0n) is 8.14. The SMILES string of the molecule is CC1=C[C@H](C(O)[C@H](C)N)C=CC=C1. The van der Waals surface area contributed by atoms with E-state index in [4.69, 9.17) is 5.73 Å². The van der Waals surface area contributed by atoms with Crippen LogP contribution in [0.25, 0.3) is 0 Å². The number of aliphatic hydroxyl groups excluding tert-OH is 1. The molecule has 0 amide bonds. The molecule has 3 N–H and O–H groups in total. The summed E-state index contributed by atoms with van der Waals surface area (Å²) in [5.41, 5.74) is 6.79. The lowest BCUT2D eigenvalue weighted by Gasteiger charge is -2.20. The number of rotatable bonds is 2. The number of hydrogen-bond acceptors (Lipinski definition) is 2. The third-order valence-corrected chi connectivity index (χ3v) is 2.19. The molecule has 1 aliphatic carbocycles. The highest BCUT2D eigenvalue weighted by atomic mass is 16.3. The third-order valence-electron chi connectivity index (χ3n) is 2.19. The van der Waals surface area contributed by atoms with Crippen LogP contribution in [0.1, 0.15) is 13.8 Å². The zero-order valence-corrected chi connectivity index (χ0v) is 8.14. The first-order valence-electron chi connectivity index (χ1n) is 4.58. The fourth-order valence-corrected chi connectivity index (χ4v) is 1.38. The van der Waals surface area contributed by atoms with Gasteiger partial charge < -0.3 is 10.8 Å². The molecule has 0 aromatic heterocycles. The van der Waals surface area contributed by atoms with Gasteiger partial charge in [0, 0.05) is 12.0 Å². The minimum absolute atomic E-state index is 0.0370. The molecule has 72 valence electrons. The van der Waals surface area contributed by atoms with Crippen molar-refractivity contribution in [2.24, 2.45) is 11.7 Å². The molecule has 1 unspecified atom stereocenters. The van der Waals surface area contributed by atoms with Crippen LogP contribution in [-0.4, -0.2) is 17.3 Å². The van der Waals surface area contributed by atoms with Crippen molar-refractivity contribution in [1.29, 1.82) is 0 Å². The Hall–Kier alpha value is -0.860. The van der Waals surface area contributed by atoms with Gasteiger partial charge in [0.15, 0.2) is 0 Å². The average molecular weight is 179 g/mol. The highest BCUT2D eigenvalue weighted by Gasteiger charge is 2.18. The summed E-state index contributed by atoms with van der Waals surface area (Å²) in [6.45, 7) is 3.84. The molecule has 0 spiro atoms. The molecule has 13 heavy (non-hydrogen) atoms. The summed E-state index contributed by atoms with van der Waals surface area (Å²) in [5.74, 6) is 0.0370. The normalized spacial score (nSPS) is 26.5. The highest BCUT2D eigenvalue weighted by molar-refractivity contribution is 5.27. The van der Waals surface area contributed by atoms with Crippen LogP contribution in [0.2, 0.25) is 0 Å². The Balaban J connectivity index is 2.76. The van der Waals surface area contributed by atoms with Crippen LogP contribution >= 0.6 is 0 Å². The molecule has 2 heteroatoms. The Morgan fingerprint density at radius 2 is 2.15 bits per heavy atom. The van der Waals surface area contributed by atoms with Gasteiger partial charge in [-0.2, -0.15) is 0 Å². The van der Waals surface area contributed by atoms with E-state index in [0.717, 1.165) is 5.57 Å². The fourth-order valence-electron chi connectivity index (χ4n) is 1.38. The molecule has 0 heterocycles.